The van der Waals surface area contributed by atoms with Crippen LogP contribution in [0.5, 0.6) is 5.75 Å². The molecule has 2 aromatic carbocycles. The zero-order chi connectivity index (χ0) is 23.5. The van der Waals surface area contributed by atoms with Crippen molar-refractivity contribution >= 4 is 23.6 Å². The molecule has 1 N–H and O–H groups in total. The molecule has 2 amide bonds. The lowest BCUT2D eigenvalue weighted by Gasteiger charge is -2.31. The average Bonchev–Trinajstić information content (AvgIpc) is 2.80. The number of hydrogen-bond acceptors (Lipinski definition) is 4. The van der Waals surface area contributed by atoms with Gasteiger partial charge in [0.15, 0.2) is 0 Å². The molecule has 2 atom stereocenters. The van der Waals surface area contributed by atoms with Crippen molar-refractivity contribution in [3.63, 3.8) is 0 Å². The van der Waals surface area contributed by atoms with E-state index in [-0.39, 0.29) is 17.9 Å². The summed E-state index contributed by atoms with van der Waals surface area (Å²) in [6, 6.07) is 15.6. The second-order valence-corrected chi connectivity index (χ2v) is 9.08. The minimum atomic E-state index is -0.501. The first-order valence-electron chi connectivity index (χ1n) is 11.2. The van der Waals surface area contributed by atoms with Crippen LogP contribution in [0, 0.1) is 6.92 Å². The van der Waals surface area contributed by atoms with Gasteiger partial charge in [0.2, 0.25) is 11.8 Å². The number of nitrogens with zero attached hydrogens (tertiary/aromatic N) is 1. The quantitative estimate of drug-likeness (QED) is 0.490. The number of amides is 2. The Labute approximate surface area is 196 Å². The number of rotatable bonds is 12. The summed E-state index contributed by atoms with van der Waals surface area (Å²) in [6.07, 6.45) is 1.41. The first kappa shape index (κ1) is 25.8. The predicted molar refractivity (Wildman–Crippen MR) is 133 cm³/mol. The molecule has 0 aliphatic carbocycles. The van der Waals surface area contributed by atoms with Crippen LogP contribution in [-0.4, -0.2) is 41.7 Å². The van der Waals surface area contributed by atoms with Gasteiger partial charge >= 0.3 is 0 Å². The van der Waals surface area contributed by atoms with Gasteiger partial charge < -0.3 is 15.0 Å². The first-order chi connectivity index (χ1) is 15.4. The third kappa shape index (κ3) is 7.90. The molecule has 0 aliphatic heterocycles. The Kier molecular flexibility index (Phi) is 10.6. The van der Waals surface area contributed by atoms with Gasteiger partial charge in [-0.05, 0) is 49.9 Å². The van der Waals surface area contributed by atoms with E-state index in [2.05, 4.69) is 36.5 Å². The first-order valence-corrected chi connectivity index (χ1v) is 12.4. The largest absolute Gasteiger partial charge is 0.497 e. The highest BCUT2D eigenvalue weighted by Gasteiger charge is 2.29. The minimum Gasteiger partial charge on any atom is -0.497 e. The lowest BCUT2D eigenvalue weighted by molar-refractivity contribution is -0.139. The standard InChI is InChI=1S/C26H36N2O3S/c1-6-20(4)27-26(30)24(7-2)28(16-21-12-14-23(31-5)15-13-21)25(29)18-32-17-22-10-8-19(3)9-11-22/h8-15,20,24H,6-7,16-18H2,1-5H3,(H,27,30)/t20-,24+/m1/s1. The van der Waals surface area contributed by atoms with E-state index in [4.69, 9.17) is 4.74 Å². The van der Waals surface area contributed by atoms with Crippen LogP contribution in [0.2, 0.25) is 0 Å². The SMILES string of the molecule is CC[C@@H](C)NC(=O)[C@H](CC)N(Cc1ccc(OC)cc1)C(=O)CSCc1ccc(C)cc1. The van der Waals surface area contributed by atoms with Crippen molar-refractivity contribution in [1.29, 1.82) is 0 Å². The molecule has 5 nitrogen and oxygen atoms in total. The fraction of sp³-hybridized carbons (Fsp3) is 0.462. The van der Waals surface area contributed by atoms with Crippen LogP contribution in [0.1, 0.15) is 50.3 Å². The molecule has 32 heavy (non-hydrogen) atoms. The summed E-state index contributed by atoms with van der Waals surface area (Å²) in [6.45, 7) is 8.42. The molecule has 0 bridgehead atoms. The molecule has 0 saturated carbocycles. The van der Waals surface area contributed by atoms with Crippen molar-refractivity contribution in [3.8, 4) is 5.75 Å². The number of aryl methyl sites for hydroxylation is 1. The van der Waals surface area contributed by atoms with Crippen LogP contribution in [0.4, 0.5) is 0 Å². The van der Waals surface area contributed by atoms with E-state index in [0.29, 0.717) is 18.7 Å². The molecule has 2 aromatic rings. The Hall–Kier alpha value is -2.47. The Balaban J connectivity index is 2.13. The molecule has 0 unspecified atom stereocenters. The van der Waals surface area contributed by atoms with Crippen LogP contribution in [-0.2, 0) is 21.9 Å². The topological polar surface area (TPSA) is 58.6 Å². The molecule has 0 spiro atoms. The van der Waals surface area contributed by atoms with Gasteiger partial charge in [-0.25, -0.2) is 0 Å². The van der Waals surface area contributed by atoms with Gasteiger partial charge in [0.1, 0.15) is 11.8 Å². The Bertz CT molecular complexity index is 852. The van der Waals surface area contributed by atoms with Gasteiger partial charge in [-0.1, -0.05) is 55.8 Å². The summed E-state index contributed by atoms with van der Waals surface area (Å²) in [4.78, 5) is 28.0. The summed E-state index contributed by atoms with van der Waals surface area (Å²) in [5.74, 6) is 1.74. The van der Waals surface area contributed by atoms with E-state index >= 15 is 0 Å². The van der Waals surface area contributed by atoms with E-state index in [1.807, 2.05) is 45.0 Å². The van der Waals surface area contributed by atoms with Gasteiger partial charge in [-0.15, -0.1) is 11.8 Å². The highest BCUT2D eigenvalue weighted by Crippen LogP contribution is 2.19. The van der Waals surface area contributed by atoms with Gasteiger partial charge in [-0.2, -0.15) is 0 Å². The van der Waals surface area contributed by atoms with Crippen LogP contribution >= 0.6 is 11.8 Å². The lowest BCUT2D eigenvalue weighted by Crippen LogP contribution is -2.51. The fourth-order valence-corrected chi connectivity index (χ4v) is 4.18. The highest BCUT2D eigenvalue weighted by atomic mass is 32.2. The monoisotopic (exact) mass is 456 g/mol. The van der Waals surface area contributed by atoms with Crippen LogP contribution < -0.4 is 10.1 Å². The highest BCUT2D eigenvalue weighted by molar-refractivity contribution is 7.99. The van der Waals surface area contributed by atoms with Gasteiger partial charge in [-0.3, -0.25) is 9.59 Å². The molecule has 0 radical (unpaired) electrons. The number of carbonyl (C=O) groups is 2. The number of carbonyl (C=O) groups excluding carboxylic acids is 2. The molecule has 2 rings (SSSR count). The van der Waals surface area contributed by atoms with Crippen molar-refractivity contribution in [2.24, 2.45) is 0 Å². The van der Waals surface area contributed by atoms with Crippen molar-refractivity contribution in [1.82, 2.24) is 10.2 Å². The maximum Gasteiger partial charge on any atom is 0.243 e. The molecular formula is C26H36N2O3S. The number of thioether (sulfide) groups is 1. The molecule has 0 heterocycles. The zero-order valence-electron chi connectivity index (χ0n) is 19.9. The Morgan fingerprint density at radius 2 is 1.62 bits per heavy atom. The van der Waals surface area contributed by atoms with Crippen molar-refractivity contribution < 1.29 is 14.3 Å². The summed E-state index contributed by atoms with van der Waals surface area (Å²) < 4.78 is 5.24. The van der Waals surface area contributed by atoms with E-state index < -0.39 is 6.04 Å². The maximum atomic E-state index is 13.3. The maximum absolute atomic E-state index is 13.3. The normalized spacial score (nSPS) is 12.7. The van der Waals surface area contributed by atoms with E-state index in [0.717, 1.165) is 23.5 Å². The molecule has 0 aliphatic rings. The Morgan fingerprint density at radius 1 is 1.00 bits per heavy atom. The smallest absolute Gasteiger partial charge is 0.243 e. The van der Waals surface area contributed by atoms with Gasteiger partial charge in [0.25, 0.3) is 0 Å². The average molecular weight is 457 g/mol. The van der Waals surface area contributed by atoms with E-state index in [9.17, 15) is 9.59 Å². The number of hydrogen-bond donors (Lipinski definition) is 1. The molecule has 0 saturated heterocycles. The number of nitrogens with one attached hydrogen (secondary N) is 1. The molecule has 174 valence electrons. The summed E-state index contributed by atoms with van der Waals surface area (Å²) in [5, 5.41) is 3.05. The van der Waals surface area contributed by atoms with Crippen molar-refractivity contribution in [2.75, 3.05) is 12.9 Å². The molecular weight excluding hydrogens is 420 g/mol. The number of methoxy groups -OCH3 is 1. The van der Waals surface area contributed by atoms with E-state index in [1.165, 1.54) is 11.1 Å². The number of ether oxygens (including phenoxy) is 1. The molecule has 0 aromatic heterocycles. The zero-order valence-corrected chi connectivity index (χ0v) is 20.7. The molecule has 6 heteroatoms. The predicted octanol–water partition coefficient (Wildman–Crippen LogP) is 4.96. The van der Waals surface area contributed by atoms with Crippen LogP contribution in [0.25, 0.3) is 0 Å². The van der Waals surface area contributed by atoms with Gasteiger partial charge in [0, 0.05) is 18.3 Å². The summed E-state index contributed by atoms with van der Waals surface area (Å²) >= 11 is 1.58. The van der Waals surface area contributed by atoms with Crippen LogP contribution in [0.3, 0.4) is 0 Å². The molecule has 0 fully saturated rings. The Morgan fingerprint density at radius 3 is 2.19 bits per heavy atom. The fourth-order valence-electron chi connectivity index (χ4n) is 3.31. The third-order valence-electron chi connectivity index (χ3n) is 5.51. The van der Waals surface area contributed by atoms with Crippen molar-refractivity contribution in [2.45, 2.75) is 64.9 Å². The second-order valence-electron chi connectivity index (χ2n) is 8.09. The second kappa shape index (κ2) is 13.2. The van der Waals surface area contributed by atoms with Gasteiger partial charge in [0.05, 0.1) is 12.9 Å². The lowest BCUT2D eigenvalue weighted by atomic mass is 10.1. The summed E-state index contributed by atoms with van der Waals surface area (Å²) in [5.41, 5.74) is 3.38. The van der Waals surface area contributed by atoms with Crippen molar-refractivity contribution in [3.05, 3.63) is 65.2 Å². The third-order valence-corrected chi connectivity index (χ3v) is 6.50. The summed E-state index contributed by atoms with van der Waals surface area (Å²) in [7, 11) is 1.63. The van der Waals surface area contributed by atoms with Crippen LogP contribution in [0.15, 0.2) is 48.5 Å². The van der Waals surface area contributed by atoms with E-state index in [1.54, 1.807) is 23.8 Å². The number of benzene rings is 2. The minimum absolute atomic E-state index is 0.0240.